The van der Waals surface area contributed by atoms with Crippen LogP contribution in [0.2, 0.25) is 0 Å². The Balaban J connectivity index is 3.57. The van der Waals surface area contributed by atoms with Crippen molar-refractivity contribution in [3.05, 3.63) is 0 Å². The number of hydrogen-bond acceptors (Lipinski definition) is 3. The van der Waals surface area contributed by atoms with Crippen LogP contribution in [0.5, 0.6) is 0 Å². The van der Waals surface area contributed by atoms with E-state index in [0.717, 1.165) is 0 Å². The quantitative estimate of drug-likeness (QED) is 0.638. The fourth-order valence-electron chi connectivity index (χ4n) is 0.383. The molecule has 0 heterocycles. The molecule has 0 aromatic rings. The first-order chi connectivity index (χ1) is 4.57. The fourth-order valence-corrected chi connectivity index (χ4v) is 1.15. The Morgan fingerprint density at radius 2 is 2.30 bits per heavy atom. The van der Waals surface area contributed by atoms with E-state index in [-0.39, 0.29) is 6.16 Å². The highest BCUT2D eigenvalue weighted by Gasteiger charge is 2.25. The normalized spacial score (nSPS) is 18.2. The molecule has 0 rings (SSSR count). The van der Waals surface area contributed by atoms with E-state index < -0.39 is 20.2 Å². The van der Waals surface area contributed by atoms with Crippen LogP contribution < -0.4 is 5.73 Å². The summed E-state index contributed by atoms with van der Waals surface area (Å²) in [5.74, 6) is 0. The molecule has 0 bridgehead atoms. The van der Waals surface area contributed by atoms with E-state index >= 15 is 0 Å². The van der Waals surface area contributed by atoms with E-state index in [1.807, 2.05) is 0 Å². The van der Waals surface area contributed by atoms with Crippen molar-refractivity contribution in [1.82, 2.24) is 0 Å². The van der Waals surface area contributed by atoms with Gasteiger partial charge in [-0.2, -0.15) is 0 Å². The lowest BCUT2D eigenvalue weighted by molar-refractivity contribution is 0.309. The molecule has 0 saturated carbocycles. The Hall–Kier alpha value is -0.0500. The van der Waals surface area contributed by atoms with Crippen LogP contribution in [0.25, 0.3) is 0 Å². The monoisotopic (exact) mass is 168 g/mol. The zero-order chi connectivity index (χ0) is 8.15. The highest BCUT2D eigenvalue weighted by atomic mass is 31.1. The average Bonchev–Trinajstić information content (AvgIpc) is 1.87. The van der Waals surface area contributed by atoms with Crippen LogP contribution in [0.15, 0.2) is 0 Å². The molecule has 0 aromatic carbocycles. The van der Waals surface area contributed by atoms with Gasteiger partial charge in [0.1, 0.15) is 0 Å². The smallest absolute Gasteiger partial charge is 0.325 e. The lowest BCUT2D eigenvalue weighted by Crippen LogP contribution is -2.29. The summed E-state index contributed by atoms with van der Waals surface area (Å²) in [7, 11) is -0.571. The van der Waals surface area contributed by atoms with Gasteiger partial charge in [-0.05, 0) is 11.5 Å². The Bertz CT molecular complexity index is 120. The molecule has 5 heteroatoms. The third-order valence-corrected chi connectivity index (χ3v) is 2.15. The number of hydrogen-bond donors (Lipinski definition) is 1. The largest absolute Gasteiger partial charge is 0.510 e. The van der Waals surface area contributed by atoms with Crippen LogP contribution in [0.1, 0.15) is 6.92 Å². The zero-order valence-electron chi connectivity index (χ0n) is 6.08. The topological polar surface area (TPSA) is 52.3 Å². The van der Waals surface area contributed by atoms with Gasteiger partial charge in [-0.1, -0.05) is 0 Å². The number of alkyl halides is 1. The molecule has 3 unspecified atom stereocenters. The molecule has 0 fully saturated rings. The first-order valence-electron chi connectivity index (χ1n) is 2.96. The van der Waals surface area contributed by atoms with Crippen molar-refractivity contribution in [2.24, 2.45) is 5.73 Å². The lowest BCUT2D eigenvalue weighted by Gasteiger charge is -2.03. The molecular weight excluding hydrogens is 156 g/mol. The summed E-state index contributed by atoms with van der Waals surface area (Å²) in [4.78, 5) is 0. The molecular formula is C5H12FNO2P+. The van der Waals surface area contributed by atoms with E-state index in [1.54, 1.807) is 0 Å². The number of halogens is 1. The van der Waals surface area contributed by atoms with Crippen LogP contribution in [0.3, 0.4) is 0 Å². The maximum Gasteiger partial charge on any atom is 0.510 e. The summed E-state index contributed by atoms with van der Waals surface area (Å²) < 4.78 is 27.5. The Morgan fingerprint density at radius 3 is 2.60 bits per heavy atom. The average molecular weight is 168 g/mol. The molecule has 3 nitrogen and oxygen atoms in total. The first-order valence-corrected chi connectivity index (χ1v) is 4.32. The van der Waals surface area contributed by atoms with Gasteiger partial charge in [-0.15, -0.1) is 4.52 Å². The minimum atomic E-state index is -1.86. The van der Waals surface area contributed by atoms with Crippen LogP contribution in [-0.2, 0) is 9.09 Å². The predicted octanol–water partition coefficient (Wildman–Crippen LogP) is 1.06. The number of nitrogens with two attached hydrogens (primary N) is 1. The SMILES string of the molecule is CO[P+](=O)CC(F)C(C)N. The maximum absolute atomic E-state index is 12.6. The molecule has 0 amide bonds. The molecule has 0 aromatic heterocycles. The van der Waals surface area contributed by atoms with Crippen LogP contribution in [0, 0.1) is 0 Å². The highest BCUT2D eigenvalue weighted by Crippen LogP contribution is 2.23. The molecule has 0 spiro atoms. The summed E-state index contributed by atoms with van der Waals surface area (Å²) in [6.45, 7) is 1.53. The van der Waals surface area contributed by atoms with Gasteiger partial charge in [0.25, 0.3) is 0 Å². The van der Waals surface area contributed by atoms with Crippen LogP contribution in [0.4, 0.5) is 4.39 Å². The second-order valence-corrected chi connectivity index (χ2v) is 3.47. The highest BCUT2D eigenvalue weighted by molar-refractivity contribution is 7.39. The zero-order valence-corrected chi connectivity index (χ0v) is 6.98. The van der Waals surface area contributed by atoms with Crippen LogP contribution >= 0.6 is 8.03 Å². The van der Waals surface area contributed by atoms with Crippen LogP contribution in [-0.4, -0.2) is 25.5 Å². The minimum Gasteiger partial charge on any atom is -0.325 e. The first kappa shape index (κ1) is 9.95. The van der Waals surface area contributed by atoms with Gasteiger partial charge in [0.05, 0.1) is 7.11 Å². The van der Waals surface area contributed by atoms with Gasteiger partial charge >= 0.3 is 8.03 Å². The second-order valence-electron chi connectivity index (χ2n) is 2.07. The lowest BCUT2D eigenvalue weighted by atomic mass is 10.2. The third-order valence-electron chi connectivity index (χ3n) is 1.10. The van der Waals surface area contributed by atoms with Gasteiger partial charge in [-0.3, -0.25) is 0 Å². The minimum absolute atomic E-state index is 0.108. The van der Waals surface area contributed by atoms with Gasteiger partial charge in [0.15, 0.2) is 6.17 Å². The van der Waals surface area contributed by atoms with Crippen molar-refractivity contribution in [2.75, 3.05) is 13.3 Å². The molecule has 0 aliphatic rings. The Labute approximate surface area is 60.6 Å². The number of rotatable bonds is 4. The molecule has 0 radical (unpaired) electrons. The molecule has 0 aliphatic heterocycles. The van der Waals surface area contributed by atoms with E-state index in [9.17, 15) is 8.96 Å². The van der Waals surface area contributed by atoms with E-state index in [4.69, 9.17) is 5.73 Å². The van der Waals surface area contributed by atoms with Crippen molar-refractivity contribution >= 4 is 8.03 Å². The van der Waals surface area contributed by atoms with Crippen molar-refractivity contribution in [1.29, 1.82) is 0 Å². The molecule has 0 saturated heterocycles. The fraction of sp³-hybridized carbons (Fsp3) is 1.00. The Morgan fingerprint density at radius 1 is 1.80 bits per heavy atom. The summed E-state index contributed by atoms with van der Waals surface area (Å²) in [6, 6.07) is -0.575. The Kier molecular flexibility index (Phi) is 4.69. The van der Waals surface area contributed by atoms with Crippen molar-refractivity contribution < 1.29 is 13.5 Å². The molecule has 3 atom stereocenters. The molecule has 0 aliphatic carbocycles. The predicted molar refractivity (Wildman–Crippen MR) is 38.0 cm³/mol. The van der Waals surface area contributed by atoms with Gasteiger partial charge in [0, 0.05) is 6.04 Å². The van der Waals surface area contributed by atoms with Crippen molar-refractivity contribution in [3.8, 4) is 0 Å². The van der Waals surface area contributed by atoms with Gasteiger partial charge < -0.3 is 5.73 Å². The summed E-state index contributed by atoms with van der Waals surface area (Å²) in [5, 5.41) is 0. The van der Waals surface area contributed by atoms with E-state index in [1.165, 1.54) is 14.0 Å². The molecule has 2 N–H and O–H groups in total. The van der Waals surface area contributed by atoms with E-state index in [0.29, 0.717) is 0 Å². The van der Waals surface area contributed by atoms with Crippen molar-refractivity contribution in [3.63, 3.8) is 0 Å². The molecule has 60 valence electrons. The summed E-state index contributed by atoms with van der Waals surface area (Å²) in [5.41, 5.74) is 5.18. The standard InChI is InChI=1S/C5H12FNO2P/c1-4(7)5(6)3-10(8)9-2/h4-5H,3,7H2,1-2H3/q+1. The molecule has 10 heavy (non-hydrogen) atoms. The van der Waals surface area contributed by atoms with E-state index in [2.05, 4.69) is 4.52 Å². The summed E-state index contributed by atoms with van der Waals surface area (Å²) >= 11 is 0. The van der Waals surface area contributed by atoms with Crippen molar-refractivity contribution in [2.45, 2.75) is 19.1 Å². The second kappa shape index (κ2) is 4.72. The van der Waals surface area contributed by atoms with Gasteiger partial charge in [-0.25, -0.2) is 4.39 Å². The maximum atomic E-state index is 12.6. The third kappa shape index (κ3) is 3.88. The van der Waals surface area contributed by atoms with Gasteiger partial charge in [0.2, 0.25) is 6.16 Å². The summed E-state index contributed by atoms with van der Waals surface area (Å²) in [6.07, 6.45) is -1.34.